The summed E-state index contributed by atoms with van der Waals surface area (Å²) in [5, 5.41) is 19.5. The van der Waals surface area contributed by atoms with Gasteiger partial charge in [0, 0.05) is 16.9 Å². The predicted octanol–water partition coefficient (Wildman–Crippen LogP) is 5.77. The van der Waals surface area contributed by atoms with Crippen molar-refractivity contribution in [2.45, 2.75) is 51.4 Å². The molecule has 0 fully saturated rings. The first kappa shape index (κ1) is 24.0. The summed E-state index contributed by atoms with van der Waals surface area (Å²) >= 11 is 0. The molecule has 1 aliphatic heterocycles. The van der Waals surface area contributed by atoms with Gasteiger partial charge in [0.05, 0.1) is 11.1 Å². The molecule has 2 heterocycles. The molecule has 4 rings (SSSR count). The fraction of sp³-hybridized carbons (Fsp3) is 0.286. The normalized spacial score (nSPS) is 14.1. The third kappa shape index (κ3) is 4.35. The first-order chi connectivity index (χ1) is 16.4. The molecule has 7 heteroatoms. The highest BCUT2D eigenvalue weighted by Gasteiger charge is 2.33. The van der Waals surface area contributed by atoms with Crippen molar-refractivity contribution >= 4 is 34.8 Å². The van der Waals surface area contributed by atoms with Crippen LogP contribution in [0.2, 0.25) is 0 Å². The summed E-state index contributed by atoms with van der Waals surface area (Å²) in [5.41, 5.74) is 0.750. The van der Waals surface area contributed by atoms with E-state index in [-0.39, 0.29) is 10.8 Å². The van der Waals surface area contributed by atoms with Crippen LogP contribution in [-0.2, 0) is 20.4 Å². The van der Waals surface area contributed by atoms with Gasteiger partial charge < -0.3 is 14.3 Å². The van der Waals surface area contributed by atoms with Gasteiger partial charge in [-0.3, -0.25) is 0 Å². The van der Waals surface area contributed by atoms with E-state index in [0.29, 0.717) is 28.0 Å². The summed E-state index contributed by atoms with van der Waals surface area (Å²) in [4.78, 5) is 35.7. The Balaban J connectivity index is 1.62. The number of rotatable bonds is 7. The smallest absolute Gasteiger partial charge is 0.346 e. The van der Waals surface area contributed by atoms with E-state index in [1.807, 2.05) is 26.0 Å². The van der Waals surface area contributed by atoms with Gasteiger partial charge in [-0.15, -0.1) is 0 Å². The summed E-state index contributed by atoms with van der Waals surface area (Å²) in [7, 11) is 0. The fourth-order valence-corrected chi connectivity index (χ4v) is 4.49. The molecule has 7 nitrogen and oxygen atoms in total. The number of carboxylic acid groups (broad SMARTS) is 1. The third-order valence-corrected chi connectivity index (χ3v) is 6.70. The van der Waals surface area contributed by atoms with Crippen LogP contribution < -0.4 is 0 Å². The summed E-state index contributed by atoms with van der Waals surface area (Å²) < 4.78 is 10.7. The van der Waals surface area contributed by atoms with E-state index in [9.17, 15) is 14.4 Å². The second kappa shape index (κ2) is 8.55. The number of hydrogen-bond acceptors (Lipinski definition) is 6. The minimum absolute atomic E-state index is 0.300. The number of carbonyl (C=O) groups is 3. The SMILES string of the molecule is CC(C)(CCC(C)(C)c1ccc2c3c(cccc13)C(=O)OC2=O)c1ccc(/C=C(\C#N)C(=O)O)o1. The first-order valence-electron chi connectivity index (χ1n) is 11.2. The molecule has 0 aliphatic carbocycles. The van der Waals surface area contributed by atoms with Crippen molar-refractivity contribution in [2.75, 3.05) is 0 Å². The molecule has 1 aliphatic rings. The Morgan fingerprint density at radius 1 is 0.971 bits per heavy atom. The number of ether oxygens (including phenoxy) is 1. The van der Waals surface area contributed by atoms with Crippen LogP contribution >= 0.6 is 0 Å². The Morgan fingerprint density at radius 2 is 1.63 bits per heavy atom. The number of benzene rings is 2. The maximum Gasteiger partial charge on any atom is 0.346 e. The average molecular weight is 472 g/mol. The fourth-order valence-electron chi connectivity index (χ4n) is 4.49. The quantitative estimate of drug-likeness (QED) is 0.201. The van der Waals surface area contributed by atoms with Gasteiger partial charge in [-0.1, -0.05) is 45.9 Å². The Morgan fingerprint density at radius 3 is 2.29 bits per heavy atom. The highest BCUT2D eigenvalue weighted by Crippen LogP contribution is 2.41. The molecule has 0 radical (unpaired) electrons. The number of nitrogens with zero attached hydrogens (tertiary/aromatic N) is 1. The number of hydrogen-bond donors (Lipinski definition) is 1. The topological polar surface area (TPSA) is 118 Å². The monoisotopic (exact) mass is 471 g/mol. The highest BCUT2D eigenvalue weighted by atomic mass is 16.6. The maximum atomic E-state index is 12.3. The van der Waals surface area contributed by atoms with E-state index in [2.05, 4.69) is 13.8 Å². The molecule has 0 amide bonds. The number of furan rings is 1. The van der Waals surface area contributed by atoms with E-state index in [4.69, 9.17) is 19.5 Å². The van der Waals surface area contributed by atoms with Gasteiger partial charge in [0.2, 0.25) is 0 Å². The van der Waals surface area contributed by atoms with Crippen molar-refractivity contribution in [1.29, 1.82) is 5.26 Å². The Kier molecular flexibility index (Phi) is 5.85. The summed E-state index contributed by atoms with van der Waals surface area (Å²) in [6.45, 7) is 8.34. The van der Waals surface area contributed by atoms with Crippen LogP contribution in [0.4, 0.5) is 0 Å². The molecule has 35 heavy (non-hydrogen) atoms. The maximum absolute atomic E-state index is 12.3. The Bertz CT molecular complexity index is 1430. The zero-order valence-electron chi connectivity index (χ0n) is 20.0. The molecule has 0 saturated carbocycles. The lowest BCUT2D eigenvalue weighted by Gasteiger charge is -2.32. The molecular weight excluding hydrogens is 446 g/mol. The van der Waals surface area contributed by atoms with E-state index in [0.717, 1.165) is 23.8 Å². The van der Waals surface area contributed by atoms with Crippen molar-refractivity contribution in [1.82, 2.24) is 0 Å². The lowest BCUT2D eigenvalue weighted by Crippen LogP contribution is -2.25. The Labute approximate surface area is 202 Å². The molecular formula is C28H25NO6. The molecule has 3 aromatic rings. The average Bonchev–Trinajstić information content (AvgIpc) is 3.29. The van der Waals surface area contributed by atoms with Gasteiger partial charge in [-0.25, -0.2) is 14.4 Å². The number of carboxylic acids is 1. The molecule has 0 saturated heterocycles. The van der Waals surface area contributed by atoms with E-state index in [1.54, 1.807) is 36.4 Å². The van der Waals surface area contributed by atoms with E-state index >= 15 is 0 Å². The molecule has 0 bridgehead atoms. The summed E-state index contributed by atoms with van der Waals surface area (Å²) in [5.74, 6) is -1.56. The summed E-state index contributed by atoms with van der Waals surface area (Å²) in [6.07, 6.45) is 2.72. The van der Waals surface area contributed by atoms with Gasteiger partial charge in [0.1, 0.15) is 23.2 Å². The van der Waals surface area contributed by atoms with Crippen LogP contribution in [0.1, 0.15) is 78.3 Å². The Hall–Kier alpha value is -4.18. The minimum atomic E-state index is -1.30. The van der Waals surface area contributed by atoms with Crippen LogP contribution in [0.25, 0.3) is 16.8 Å². The molecule has 178 valence electrons. The second-order valence-corrected chi connectivity index (χ2v) is 10.0. The van der Waals surface area contributed by atoms with Gasteiger partial charge in [0.25, 0.3) is 0 Å². The van der Waals surface area contributed by atoms with Crippen LogP contribution in [0.3, 0.4) is 0 Å². The number of carbonyl (C=O) groups excluding carboxylic acids is 2. The first-order valence-corrected chi connectivity index (χ1v) is 11.2. The van der Waals surface area contributed by atoms with Crippen LogP contribution in [0, 0.1) is 11.3 Å². The van der Waals surface area contributed by atoms with Crippen LogP contribution in [0.15, 0.2) is 52.5 Å². The van der Waals surface area contributed by atoms with E-state index < -0.39 is 23.5 Å². The molecule has 0 spiro atoms. The second-order valence-electron chi connectivity index (χ2n) is 10.0. The number of esters is 2. The number of nitriles is 1. The van der Waals surface area contributed by atoms with Crippen LogP contribution in [0.5, 0.6) is 0 Å². The van der Waals surface area contributed by atoms with Crippen LogP contribution in [-0.4, -0.2) is 23.0 Å². The zero-order valence-corrected chi connectivity index (χ0v) is 20.0. The summed E-state index contributed by atoms with van der Waals surface area (Å²) in [6, 6.07) is 14.2. The van der Waals surface area contributed by atoms with Crippen molar-refractivity contribution in [2.24, 2.45) is 0 Å². The highest BCUT2D eigenvalue weighted by molar-refractivity contribution is 6.21. The van der Waals surface area contributed by atoms with Crippen molar-refractivity contribution in [3.8, 4) is 6.07 Å². The largest absolute Gasteiger partial charge is 0.477 e. The molecule has 1 aromatic heterocycles. The van der Waals surface area contributed by atoms with E-state index in [1.165, 1.54) is 6.08 Å². The van der Waals surface area contributed by atoms with Gasteiger partial charge in [0.15, 0.2) is 0 Å². The molecule has 1 N–H and O–H groups in total. The lowest BCUT2D eigenvalue weighted by molar-refractivity contribution is -0.132. The third-order valence-electron chi connectivity index (χ3n) is 6.70. The predicted molar refractivity (Wildman–Crippen MR) is 129 cm³/mol. The van der Waals surface area contributed by atoms with Crippen molar-refractivity contribution in [3.05, 3.63) is 76.2 Å². The number of cyclic esters (lactones) is 2. The molecule has 2 aromatic carbocycles. The van der Waals surface area contributed by atoms with Crippen molar-refractivity contribution in [3.63, 3.8) is 0 Å². The standard InChI is InChI=1S/C28H25NO6/c1-27(2,12-13-28(3,4)22-11-8-17(34-22)14-16(15-29)24(30)31)21-10-9-20-23-18(21)6-5-7-19(23)25(32)35-26(20)33/h5-11,14H,12-13H2,1-4H3,(H,30,31)/b16-14+. The van der Waals surface area contributed by atoms with Gasteiger partial charge in [-0.05, 0) is 53.5 Å². The molecule has 0 atom stereocenters. The van der Waals surface area contributed by atoms with Gasteiger partial charge >= 0.3 is 17.9 Å². The zero-order chi connectivity index (χ0) is 25.5. The lowest BCUT2D eigenvalue weighted by atomic mass is 9.72. The minimum Gasteiger partial charge on any atom is -0.477 e. The number of aliphatic carboxylic acids is 1. The van der Waals surface area contributed by atoms with Crippen molar-refractivity contribution < 1.29 is 28.6 Å². The van der Waals surface area contributed by atoms with Gasteiger partial charge in [-0.2, -0.15) is 5.26 Å². The molecule has 0 unspecified atom stereocenters.